The van der Waals surface area contributed by atoms with Gasteiger partial charge in [0.05, 0.1) is 11.0 Å². The molecule has 0 fully saturated rings. The number of anilines is 6. The minimum atomic E-state index is -0.192. The third kappa shape index (κ3) is 9.09. The van der Waals surface area contributed by atoms with Crippen LogP contribution < -0.4 is 9.80 Å². The molecule has 402 valence electrons. The van der Waals surface area contributed by atoms with E-state index in [4.69, 9.17) is 0 Å². The van der Waals surface area contributed by atoms with Gasteiger partial charge in [0.1, 0.15) is 0 Å². The van der Waals surface area contributed by atoms with E-state index >= 15 is 0 Å². The molecule has 0 amide bonds. The molecular weight excluding hydrogens is 1000 g/mol. The Morgan fingerprint density at radius 1 is 0.289 bits per heavy atom. The van der Waals surface area contributed by atoms with Crippen LogP contribution in [0.3, 0.4) is 0 Å². The maximum Gasteiger partial charge on any atom is 0.0541 e. The fraction of sp³-hybridized carbons (Fsp3) is 0.125. The molecule has 83 heavy (non-hydrogen) atoms. The number of aryl methyl sites for hydroxylation is 4. The maximum atomic E-state index is 2.42. The third-order valence-electron chi connectivity index (χ3n) is 17.8. The molecule has 2 aliphatic carbocycles. The summed E-state index contributed by atoms with van der Waals surface area (Å²) in [4.78, 5) is 4.77. The first-order valence-electron chi connectivity index (χ1n) is 29.2. The van der Waals surface area contributed by atoms with E-state index in [9.17, 15) is 0 Å². The lowest BCUT2D eigenvalue weighted by molar-refractivity contribution is 0.660. The summed E-state index contributed by atoms with van der Waals surface area (Å²) in [5, 5.41) is 2.46. The number of hydrogen-bond acceptors (Lipinski definition) is 2. The molecule has 0 bridgehead atoms. The average molecular weight is 1070 g/mol. The highest BCUT2D eigenvalue weighted by atomic mass is 15.1. The molecule has 3 heteroatoms. The van der Waals surface area contributed by atoms with E-state index in [1.807, 2.05) is 0 Å². The van der Waals surface area contributed by atoms with Gasteiger partial charge in [-0.25, -0.2) is 0 Å². The standard InChI is InChI=1S/C80H67N3/c1-52-14-30-61(31-15-52)81(62-32-16-53(2)17-33-62)65-38-42-69-67-40-26-58(48-73(67)79(5,6)75(69)50-65)24-22-56-28-44-77-71(46-56)72-47-57(29-45-78(72)83(77)60-12-10-9-11-13-60)23-25-59-27-41-68-70-43-39-66(51-76(70)80(7,8)74(68)49-59)82(63-34-18-54(3)19-35-63)64-36-20-55(4)21-37-64/h9-51H,1-8H3/b24-22+,25-23+. The first kappa shape index (κ1) is 51.4. The average Bonchev–Trinajstić information content (AvgIpc) is 2.19. The largest absolute Gasteiger partial charge is 0.310 e. The second kappa shape index (κ2) is 20.1. The molecular formula is C80H67N3. The maximum absolute atomic E-state index is 2.42. The predicted octanol–water partition coefficient (Wildman–Crippen LogP) is 21.9. The monoisotopic (exact) mass is 1070 g/mol. The number of rotatable bonds is 11. The normalized spacial score (nSPS) is 13.6. The molecule has 0 unspecified atom stereocenters. The van der Waals surface area contributed by atoms with Gasteiger partial charge in [0, 0.05) is 61.4 Å². The molecule has 1 heterocycles. The Labute approximate surface area is 489 Å². The van der Waals surface area contributed by atoms with Crippen molar-refractivity contribution >= 4 is 80.2 Å². The third-order valence-corrected chi connectivity index (χ3v) is 17.8. The van der Waals surface area contributed by atoms with Crippen LogP contribution >= 0.6 is 0 Å². The van der Waals surface area contributed by atoms with Crippen molar-refractivity contribution in [2.45, 2.75) is 66.2 Å². The number of nitrogens with zero attached hydrogens (tertiary/aromatic N) is 3. The molecule has 2 aliphatic rings. The molecule has 0 N–H and O–H groups in total. The summed E-state index contributed by atoms with van der Waals surface area (Å²) in [5.41, 5.74) is 30.4. The van der Waals surface area contributed by atoms with Gasteiger partial charge in [-0.15, -0.1) is 0 Å². The van der Waals surface area contributed by atoms with Crippen molar-refractivity contribution in [1.82, 2.24) is 4.57 Å². The van der Waals surface area contributed by atoms with Crippen LogP contribution in [0.25, 0.3) is 74.1 Å². The number of benzene rings is 11. The topological polar surface area (TPSA) is 11.4 Å². The van der Waals surface area contributed by atoms with Gasteiger partial charge in [-0.1, -0.05) is 202 Å². The van der Waals surface area contributed by atoms with Gasteiger partial charge in [0.2, 0.25) is 0 Å². The SMILES string of the molecule is Cc1ccc(N(c2ccc(C)cc2)c2ccc3c(c2)C(C)(C)c2cc(/C=C/c4ccc5c(c4)c4cc(/C=C/c6ccc7c(c6)C(C)(C)c6cc(N(c8ccc(C)cc8)c8ccc(C)cc8)ccc6-7)ccc4n5-c4ccccc4)ccc2-3)cc1. The van der Waals surface area contributed by atoms with Gasteiger partial charge in [0.15, 0.2) is 0 Å². The van der Waals surface area contributed by atoms with Crippen molar-refractivity contribution in [2.75, 3.05) is 9.80 Å². The molecule has 0 saturated carbocycles. The van der Waals surface area contributed by atoms with Crippen LogP contribution in [0.5, 0.6) is 0 Å². The van der Waals surface area contributed by atoms with Crippen LogP contribution in [-0.4, -0.2) is 4.57 Å². The van der Waals surface area contributed by atoms with Crippen molar-refractivity contribution < 1.29 is 0 Å². The van der Waals surface area contributed by atoms with Gasteiger partial charge < -0.3 is 14.4 Å². The minimum absolute atomic E-state index is 0.192. The van der Waals surface area contributed by atoms with Crippen LogP contribution in [-0.2, 0) is 10.8 Å². The Balaban J connectivity index is 0.760. The Bertz CT molecular complexity index is 4190. The van der Waals surface area contributed by atoms with Crippen molar-refractivity contribution in [3.05, 3.63) is 303 Å². The van der Waals surface area contributed by atoms with Crippen molar-refractivity contribution in [1.29, 1.82) is 0 Å². The van der Waals surface area contributed by atoms with E-state index in [1.54, 1.807) is 0 Å². The van der Waals surface area contributed by atoms with Gasteiger partial charge in [0.25, 0.3) is 0 Å². The summed E-state index contributed by atoms with van der Waals surface area (Å²) >= 11 is 0. The van der Waals surface area contributed by atoms with Crippen LogP contribution in [0.2, 0.25) is 0 Å². The lowest BCUT2D eigenvalue weighted by Crippen LogP contribution is -2.16. The lowest BCUT2D eigenvalue weighted by Gasteiger charge is -2.28. The summed E-state index contributed by atoms with van der Waals surface area (Å²) in [6.45, 7) is 18.1. The minimum Gasteiger partial charge on any atom is -0.310 e. The highest BCUT2D eigenvalue weighted by molar-refractivity contribution is 6.11. The van der Waals surface area contributed by atoms with E-state index in [0.717, 1.165) is 50.9 Å². The van der Waals surface area contributed by atoms with Crippen molar-refractivity contribution in [3.63, 3.8) is 0 Å². The Morgan fingerprint density at radius 3 is 0.928 bits per heavy atom. The highest BCUT2D eigenvalue weighted by Crippen LogP contribution is 2.53. The Hall–Kier alpha value is -9.70. The second-order valence-electron chi connectivity index (χ2n) is 24.2. The molecule has 3 nitrogen and oxygen atoms in total. The van der Waals surface area contributed by atoms with E-state index < -0.39 is 0 Å². The zero-order valence-corrected chi connectivity index (χ0v) is 48.7. The molecule has 0 spiro atoms. The van der Waals surface area contributed by atoms with E-state index in [1.165, 1.54) is 99.7 Å². The zero-order valence-electron chi connectivity index (χ0n) is 48.7. The summed E-state index contributed by atoms with van der Waals surface area (Å²) in [6.07, 6.45) is 9.13. The summed E-state index contributed by atoms with van der Waals surface area (Å²) in [6, 6.07) is 88.2. The van der Waals surface area contributed by atoms with Gasteiger partial charge in [-0.05, 0) is 204 Å². The molecule has 0 radical (unpaired) electrons. The molecule has 11 aromatic carbocycles. The Kier molecular flexibility index (Phi) is 12.4. The molecule has 0 saturated heterocycles. The summed E-state index contributed by atoms with van der Waals surface area (Å²) < 4.78 is 2.41. The summed E-state index contributed by atoms with van der Waals surface area (Å²) in [7, 11) is 0. The fourth-order valence-corrected chi connectivity index (χ4v) is 13.1. The van der Waals surface area contributed by atoms with Crippen LogP contribution in [0.1, 0.15) is 94.5 Å². The van der Waals surface area contributed by atoms with Crippen molar-refractivity contribution in [2.24, 2.45) is 0 Å². The van der Waals surface area contributed by atoms with Crippen molar-refractivity contribution in [3.8, 4) is 27.9 Å². The Morgan fingerprint density at radius 2 is 0.578 bits per heavy atom. The second-order valence-corrected chi connectivity index (χ2v) is 24.2. The van der Waals surface area contributed by atoms with Crippen LogP contribution in [0.4, 0.5) is 34.1 Å². The van der Waals surface area contributed by atoms with Gasteiger partial charge >= 0.3 is 0 Å². The molecule has 0 atom stereocenters. The summed E-state index contributed by atoms with van der Waals surface area (Å²) in [5.74, 6) is 0. The van der Waals surface area contributed by atoms with Gasteiger partial charge in [-0.2, -0.15) is 0 Å². The molecule has 0 aliphatic heterocycles. The number of hydrogen-bond donors (Lipinski definition) is 0. The predicted molar refractivity (Wildman–Crippen MR) is 355 cm³/mol. The highest BCUT2D eigenvalue weighted by Gasteiger charge is 2.38. The van der Waals surface area contributed by atoms with Crippen LogP contribution in [0, 0.1) is 27.7 Å². The number of aromatic nitrogens is 1. The zero-order chi connectivity index (χ0) is 56.7. The van der Waals surface area contributed by atoms with Crippen LogP contribution in [0.15, 0.2) is 237 Å². The number of para-hydroxylation sites is 1. The molecule has 12 aromatic rings. The number of fused-ring (bicyclic) bond motifs is 9. The quantitative estimate of drug-likeness (QED) is 0.120. The first-order valence-corrected chi connectivity index (χ1v) is 29.2. The molecule has 14 rings (SSSR count). The van der Waals surface area contributed by atoms with Gasteiger partial charge in [-0.3, -0.25) is 0 Å². The van der Waals surface area contributed by atoms with E-state index in [-0.39, 0.29) is 10.8 Å². The first-order chi connectivity index (χ1) is 40.2. The van der Waals surface area contributed by atoms with E-state index in [2.05, 4.69) is 331 Å². The lowest BCUT2D eigenvalue weighted by atomic mass is 9.81. The van der Waals surface area contributed by atoms with E-state index in [0.29, 0.717) is 0 Å². The fourth-order valence-electron chi connectivity index (χ4n) is 13.1. The molecule has 1 aromatic heterocycles. The smallest absolute Gasteiger partial charge is 0.0541 e.